The first-order valence-electron chi connectivity index (χ1n) is 9.78. The number of aromatic nitrogens is 3. The molecule has 1 heterocycles. The molecule has 0 bridgehead atoms. The maximum absolute atomic E-state index is 12.5. The molecule has 0 radical (unpaired) electrons. The maximum Gasteiger partial charge on any atom is 0.230 e. The third-order valence-electron chi connectivity index (χ3n) is 5.79. The van der Waals surface area contributed by atoms with Crippen LogP contribution in [0.4, 0.5) is 0 Å². The Morgan fingerprint density at radius 2 is 2.00 bits per heavy atom. The van der Waals surface area contributed by atoms with E-state index in [-0.39, 0.29) is 5.91 Å². The van der Waals surface area contributed by atoms with E-state index < -0.39 is 0 Å². The Bertz CT molecular complexity index is 817. The first-order chi connectivity index (χ1) is 12.9. The van der Waals surface area contributed by atoms with Crippen molar-refractivity contribution in [2.24, 2.45) is 11.8 Å². The molecule has 27 heavy (non-hydrogen) atoms. The summed E-state index contributed by atoms with van der Waals surface area (Å²) in [5.41, 5.74) is 3.44. The molecule has 1 fully saturated rings. The summed E-state index contributed by atoms with van der Waals surface area (Å²) in [5, 5.41) is 12.5. The fourth-order valence-electron chi connectivity index (χ4n) is 3.84. The molecule has 1 aromatic heterocycles. The van der Waals surface area contributed by atoms with E-state index in [9.17, 15) is 4.79 Å². The van der Waals surface area contributed by atoms with Crippen molar-refractivity contribution in [2.45, 2.75) is 65.1 Å². The van der Waals surface area contributed by atoms with Gasteiger partial charge in [-0.25, -0.2) is 0 Å². The summed E-state index contributed by atoms with van der Waals surface area (Å²) in [6.45, 7) is 10.6. The van der Waals surface area contributed by atoms with Crippen LogP contribution in [0.5, 0.6) is 0 Å². The zero-order chi connectivity index (χ0) is 19.6. The van der Waals surface area contributed by atoms with Crippen LogP contribution in [-0.2, 0) is 4.79 Å². The molecule has 3 atom stereocenters. The molecule has 146 valence electrons. The Morgan fingerprint density at radius 3 is 2.78 bits per heavy atom. The molecule has 5 nitrogen and oxygen atoms in total. The molecule has 0 spiro atoms. The number of thioether (sulfide) groups is 1. The molecule has 1 saturated carbocycles. The maximum atomic E-state index is 12.5. The summed E-state index contributed by atoms with van der Waals surface area (Å²) < 4.78 is 2.05. The van der Waals surface area contributed by atoms with Gasteiger partial charge < -0.3 is 5.32 Å². The van der Waals surface area contributed by atoms with Crippen LogP contribution < -0.4 is 5.32 Å². The number of hydrogen-bond acceptors (Lipinski definition) is 4. The van der Waals surface area contributed by atoms with Crippen LogP contribution in [0.25, 0.3) is 5.69 Å². The summed E-state index contributed by atoms with van der Waals surface area (Å²) in [6.07, 6.45) is 3.55. The summed E-state index contributed by atoms with van der Waals surface area (Å²) >= 11 is 1.45. The number of aryl methyl sites for hydroxylation is 3. The number of nitrogens with one attached hydrogen (secondary N) is 1. The van der Waals surface area contributed by atoms with Crippen molar-refractivity contribution in [3.63, 3.8) is 0 Å². The van der Waals surface area contributed by atoms with Gasteiger partial charge in [-0.1, -0.05) is 50.6 Å². The van der Waals surface area contributed by atoms with E-state index in [2.05, 4.69) is 61.4 Å². The third kappa shape index (κ3) is 4.54. The van der Waals surface area contributed by atoms with Crippen LogP contribution in [0.1, 0.15) is 50.1 Å². The molecule has 3 unspecified atom stereocenters. The van der Waals surface area contributed by atoms with E-state index in [1.807, 2.05) is 11.5 Å². The minimum absolute atomic E-state index is 0.0825. The molecule has 2 aromatic rings. The zero-order valence-corrected chi connectivity index (χ0v) is 17.8. The van der Waals surface area contributed by atoms with Crippen molar-refractivity contribution in [1.82, 2.24) is 20.1 Å². The van der Waals surface area contributed by atoms with Crippen LogP contribution in [0.3, 0.4) is 0 Å². The van der Waals surface area contributed by atoms with E-state index in [4.69, 9.17) is 0 Å². The quantitative estimate of drug-likeness (QED) is 0.782. The van der Waals surface area contributed by atoms with Crippen molar-refractivity contribution >= 4 is 17.7 Å². The molecule has 0 saturated heterocycles. The minimum atomic E-state index is 0.0825. The molecule has 1 N–H and O–H groups in total. The normalized spacial score (nSPS) is 22.6. The van der Waals surface area contributed by atoms with Crippen LogP contribution >= 0.6 is 11.8 Å². The Kier molecular flexibility index (Phi) is 6.25. The van der Waals surface area contributed by atoms with Crippen molar-refractivity contribution in [3.8, 4) is 5.69 Å². The lowest BCUT2D eigenvalue weighted by molar-refractivity contribution is -0.120. The Morgan fingerprint density at radius 1 is 1.22 bits per heavy atom. The average Bonchev–Trinajstić information content (AvgIpc) is 3.00. The number of carbonyl (C=O) groups excluding carboxylic acids is 1. The number of rotatable bonds is 5. The van der Waals surface area contributed by atoms with Gasteiger partial charge in [0.1, 0.15) is 5.82 Å². The van der Waals surface area contributed by atoms with Gasteiger partial charge in [-0.3, -0.25) is 9.36 Å². The predicted molar refractivity (Wildman–Crippen MR) is 110 cm³/mol. The second kappa shape index (κ2) is 8.46. The zero-order valence-electron chi connectivity index (χ0n) is 17.0. The first-order valence-corrected chi connectivity index (χ1v) is 10.8. The lowest BCUT2D eigenvalue weighted by atomic mass is 9.78. The molecular weight excluding hydrogens is 356 g/mol. The van der Waals surface area contributed by atoms with Crippen molar-refractivity contribution in [1.29, 1.82) is 0 Å². The summed E-state index contributed by atoms with van der Waals surface area (Å²) in [5.74, 6) is 2.49. The van der Waals surface area contributed by atoms with Crippen LogP contribution in [0.2, 0.25) is 0 Å². The summed E-state index contributed by atoms with van der Waals surface area (Å²) in [6, 6.07) is 6.64. The number of hydrogen-bond donors (Lipinski definition) is 1. The van der Waals surface area contributed by atoms with Crippen molar-refractivity contribution < 1.29 is 4.79 Å². The standard InChI is InChI=1S/C21H30N4OS/c1-13-9-10-15(3)19(11-13)25-17(5)23-24-21(25)27-12-20(26)22-18-8-6-7-14(2)16(18)4/h9-11,14,16,18H,6-8,12H2,1-5H3,(H,22,26). The average molecular weight is 387 g/mol. The van der Waals surface area contributed by atoms with E-state index in [0.29, 0.717) is 23.6 Å². The monoisotopic (exact) mass is 386 g/mol. The van der Waals surface area contributed by atoms with Crippen LogP contribution in [-0.4, -0.2) is 32.5 Å². The van der Waals surface area contributed by atoms with Gasteiger partial charge in [0.05, 0.1) is 11.4 Å². The molecule has 3 rings (SSSR count). The second-order valence-electron chi connectivity index (χ2n) is 7.89. The Balaban J connectivity index is 1.68. The minimum Gasteiger partial charge on any atom is -0.352 e. The van der Waals surface area contributed by atoms with E-state index >= 15 is 0 Å². The topological polar surface area (TPSA) is 59.8 Å². The lowest BCUT2D eigenvalue weighted by Gasteiger charge is -2.34. The highest BCUT2D eigenvalue weighted by atomic mass is 32.2. The third-order valence-corrected chi connectivity index (χ3v) is 6.72. The Hall–Kier alpha value is -1.82. The van der Waals surface area contributed by atoms with Gasteiger partial charge in [0.2, 0.25) is 5.91 Å². The van der Waals surface area contributed by atoms with Gasteiger partial charge in [0, 0.05) is 6.04 Å². The number of nitrogens with zero attached hydrogens (tertiary/aromatic N) is 3. The lowest BCUT2D eigenvalue weighted by Crippen LogP contribution is -2.44. The molecular formula is C21H30N4OS. The molecule has 0 aliphatic heterocycles. The van der Waals surface area contributed by atoms with Crippen molar-refractivity contribution in [3.05, 3.63) is 35.2 Å². The van der Waals surface area contributed by atoms with E-state index in [0.717, 1.165) is 23.1 Å². The van der Waals surface area contributed by atoms with E-state index in [1.165, 1.54) is 35.7 Å². The summed E-state index contributed by atoms with van der Waals surface area (Å²) in [4.78, 5) is 12.5. The smallest absolute Gasteiger partial charge is 0.230 e. The first kappa shape index (κ1) is 19.9. The fourth-order valence-corrected chi connectivity index (χ4v) is 4.64. The van der Waals surface area contributed by atoms with Gasteiger partial charge >= 0.3 is 0 Å². The number of amides is 1. The molecule has 1 aliphatic rings. The SMILES string of the molecule is Cc1ccc(C)c(-n2c(C)nnc2SCC(=O)NC2CCCC(C)C2C)c1. The van der Waals surface area contributed by atoms with Gasteiger partial charge in [-0.05, 0) is 56.2 Å². The highest BCUT2D eigenvalue weighted by molar-refractivity contribution is 7.99. The summed E-state index contributed by atoms with van der Waals surface area (Å²) in [7, 11) is 0. The molecule has 1 aromatic carbocycles. The molecule has 1 amide bonds. The predicted octanol–water partition coefficient (Wildman–Crippen LogP) is 4.23. The number of benzene rings is 1. The van der Waals surface area contributed by atoms with Gasteiger partial charge in [-0.15, -0.1) is 10.2 Å². The second-order valence-corrected chi connectivity index (χ2v) is 8.83. The fraction of sp³-hybridized carbons (Fsp3) is 0.571. The highest BCUT2D eigenvalue weighted by Gasteiger charge is 2.28. The number of carbonyl (C=O) groups is 1. The molecule has 6 heteroatoms. The largest absolute Gasteiger partial charge is 0.352 e. The van der Waals surface area contributed by atoms with Crippen LogP contribution in [0, 0.1) is 32.6 Å². The van der Waals surface area contributed by atoms with Crippen LogP contribution in [0.15, 0.2) is 23.4 Å². The van der Waals surface area contributed by atoms with Gasteiger partial charge in [0.15, 0.2) is 5.16 Å². The van der Waals surface area contributed by atoms with Crippen molar-refractivity contribution in [2.75, 3.05) is 5.75 Å². The Labute approximate surface area is 166 Å². The molecule has 1 aliphatic carbocycles. The van der Waals surface area contributed by atoms with Gasteiger partial charge in [0.25, 0.3) is 0 Å². The van der Waals surface area contributed by atoms with Gasteiger partial charge in [-0.2, -0.15) is 0 Å². The highest BCUT2D eigenvalue weighted by Crippen LogP contribution is 2.30. The van der Waals surface area contributed by atoms with E-state index in [1.54, 1.807) is 0 Å².